The summed E-state index contributed by atoms with van der Waals surface area (Å²) in [4.78, 5) is 11.8. The molecule has 0 aromatic heterocycles. The van der Waals surface area contributed by atoms with Crippen molar-refractivity contribution < 1.29 is 9.53 Å². The Balaban J connectivity index is 2.53. The molecule has 0 saturated carbocycles. The van der Waals surface area contributed by atoms with Crippen LogP contribution < -0.4 is 15.4 Å². The molecule has 1 aromatic carbocycles. The van der Waals surface area contributed by atoms with E-state index in [0.29, 0.717) is 0 Å². The topological polar surface area (TPSA) is 50.4 Å². The molecule has 0 fully saturated rings. The van der Waals surface area contributed by atoms with Crippen molar-refractivity contribution in [1.29, 1.82) is 0 Å². The van der Waals surface area contributed by atoms with Crippen LogP contribution in [0.5, 0.6) is 5.75 Å². The Morgan fingerprint density at radius 3 is 2.21 bits per heavy atom. The maximum Gasteiger partial charge on any atom is 0.315 e. The molecule has 1 atom stereocenters. The van der Waals surface area contributed by atoms with E-state index in [0.717, 1.165) is 24.2 Å². The number of methoxy groups -OCH3 is 1. The Kier molecular flexibility index (Phi) is 6.19. The maximum absolute atomic E-state index is 11.8. The van der Waals surface area contributed by atoms with Crippen molar-refractivity contribution in [3.63, 3.8) is 0 Å². The molecule has 0 spiro atoms. The molecular weight excluding hydrogens is 240 g/mol. The smallest absolute Gasteiger partial charge is 0.315 e. The van der Waals surface area contributed by atoms with Crippen molar-refractivity contribution in [2.24, 2.45) is 0 Å². The van der Waals surface area contributed by atoms with Crippen LogP contribution in [-0.2, 0) is 0 Å². The van der Waals surface area contributed by atoms with Crippen molar-refractivity contribution in [2.45, 2.75) is 45.7 Å². The van der Waals surface area contributed by atoms with Gasteiger partial charge in [0.2, 0.25) is 0 Å². The predicted octanol–water partition coefficient (Wildman–Crippen LogP) is 3.24. The molecule has 0 heterocycles. The minimum absolute atomic E-state index is 0.0275. The first-order valence-corrected chi connectivity index (χ1v) is 6.81. The Bertz CT molecular complexity index is 386. The van der Waals surface area contributed by atoms with Crippen LogP contribution in [0.4, 0.5) is 4.79 Å². The number of nitrogens with one attached hydrogen (secondary N) is 2. The highest BCUT2D eigenvalue weighted by Crippen LogP contribution is 2.17. The maximum atomic E-state index is 11.8. The zero-order valence-electron chi connectivity index (χ0n) is 12.2. The molecule has 4 heteroatoms. The number of benzene rings is 1. The Morgan fingerprint density at radius 1 is 1.16 bits per heavy atom. The third-order valence-electron chi connectivity index (χ3n) is 3.28. The number of rotatable bonds is 6. The van der Waals surface area contributed by atoms with Gasteiger partial charge < -0.3 is 15.4 Å². The summed E-state index contributed by atoms with van der Waals surface area (Å²) in [6, 6.07) is 7.81. The summed E-state index contributed by atoms with van der Waals surface area (Å²) < 4.78 is 5.11. The van der Waals surface area contributed by atoms with Gasteiger partial charge in [-0.15, -0.1) is 0 Å². The van der Waals surface area contributed by atoms with Gasteiger partial charge in [0, 0.05) is 6.04 Å². The number of ether oxygens (including phenoxy) is 1. The molecule has 19 heavy (non-hydrogen) atoms. The molecule has 4 nitrogen and oxygen atoms in total. The Hall–Kier alpha value is -1.71. The summed E-state index contributed by atoms with van der Waals surface area (Å²) >= 11 is 0. The zero-order chi connectivity index (χ0) is 14.3. The monoisotopic (exact) mass is 264 g/mol. The molecule has 2 amide bonds. The summed E-state index contributed by atoms with van der Waals surface area (Å²) in [6.45, 7) is 6.11. The fourth-order valence-corrected chi connectivity index (χ4v) is 1.89. The molecule has 0 aliphatic rings. The van der Waals surface area contributed by atoms with E-state index in [4.69, 9.17) is 4.74 Å². The minimum atomic E-state index is -0.114. The largest absolute Gasteiger partial charge is 0.497 e. The first-order chi connectivity index (χ1) is 9.10. The van der Waals surface area contributed by atoms with Crippen LogP contribution in [0, 0.1) is 0 Å². The van der Waals surface area contributed by atoms with Gasteiger partial charge in [0.15, 0.2) is 0 Å². The van der Waals surface area contributed by atoms with Crippen molar-refractivity contribution in [3.8, 4) is 5.75 Å². The van der Waals surface area contributed by atoms with Gasteiger partial charge in [0.25, 0.3) is 0 Å². The number of carbonyl (C=O) groups excluding carboxylic acids is 1. The Labute approximate surface area is 115 Å². The van der Waals surface area contributed by atoms with E-state index in [9.17, 15) is 4.79 Å². The van der Waals surface area contributed by atoms with Gasteiger partial charge in [-0.05, 0) is 37.5 Å². The number of hydrogen-bond acceptors (Lipinski definition) is 2. The molecule has 1 aromatic rings. The molecule has 0 aliphatic heterocycles. The number of amides is 2. The van der Waals surface area contributed by atoms with Gasteiger partial charge >= 0.3 is 6.03 Å². The third-order valence-corrected chi connectivity index (χ3v) is 3.28. The second kappa shape index (κ2) is 7.67. The molecule has 0 aliphatic carbocycles. The minimum Gasteiger partial charge on any atom is -0.497 e. The van der Waals surface area contributed by atoms with E-state index in [1.54, 1.807) is 7.11 Å². The summed E-state index contributed by atoms with van der Waals surface area (Å²) in [5.74, 6) is 0.817. The fraction of sp³-hybridized carbons (Fsp3) is 0.533. The Morgan fingerprint density at radius 2 is 1.74 bits per heavy atom. The predicted molar refractivity (Wildman–Crippen MR) is 77.4 cm³/mol. The highest BCUT2D eigenvalue weighted by Gasteiger charge is 2.12. The second-order valence-electron chi connectivity index (χ2n) is 4.63. The van der Waals surface area contributed by atoms with Crippen LogP contribution in [-0.4, -0.2) is 19.2 Å². The molecule has 0 saturated heterocycles. The standard InChI is InChI=1S/C15H24N2O2/c1-5-13(6-2)17-15(18)16-11(3)12-7-9-14(19-4)10-8-12/h7-11,13H,5-6H2,1-4H3,(H2,16,17,18). The van der Waals surface area contributed by atoms with E-state index in [-0.39, 0.29) is 18.1 Å². The lowest BCUT2D eigenvalue weighted by Gasteiger charge is -2.19. The van der Waals surface area contributed by atoms with Crippen LogP contribution in [0.15, 0.2) is 24.3 Å². The summed E-state index contributed by atoms with van der Waals surface area (Å²) in [6.07, 6.45) is 1.89. The molecule has 0 radical (unpaired) electrons. The quantitative estimate of drug-likeness (QED) is 0.828. The molecule has 2 N–H and O–H groups in total. The van der Waals surface area contributed by atoms with Gasteiger partial charge in [-0.3, -0.25) is 0 Å². The average Bonchev–Trinajstić information content (AvgIpc) is 2.44. The molecule has 0 bridgehead atoms. The summed E-state index contributed by atoms with van der Waals surface area (Å²) in [5, 5.41) is 5.91. The van der Waals surface area contributed by atoms with Crippen LogP contribution in [0.1, 0.15) is 45.2 Å². The van der Waals surface area contributed by atoms with Crippen molar-refractivity contribution in [1.82, 2.24) is 10.6 Å². The van der Waals surface area contributed by atoms with E-state index in [1.165, 1.54) is 0 Å². The highest BCUT2D eigenvalue weighted by molar-refractivity contribution is 5.74. The van der Waals surface area contributed by atoms with Crippen molar-refractivity contribution in [2.75, 3.05) is 7.11 Å². The lowest BCUT2D eigenvalue weighted by atomic mass is 10.1. The zero-order valence-corrected chi connectivity index (χ0v) is 12.2. The van der Waals surface area contributed by atoms with E-state index in [2.05, 4.69) is 24.5 Å². The first-order valence-electron chi connectivity index (χ1n) is 6.81. The van der Waals surface area contributed by atoms with Gasteiger partial charge in [-0.25, -0.2) is 4.79 Å². The van der Waals surface area contributed by atoms with Crippen LogP contribution in [0.25, 0.3) is 0 Å². The fourth-order valence-electron chi connectivity index (χ4n) is 1.89. The van der Waals surface area contributed by atoms with Gasteiger partial charge in [0.05, 0.1) is 13.2 Å². The molecule has 1 rings (SSSR count). The number of hydrogen-bond donors (Lipinski definition) is 2. The average molecular weight is 264 g/mol. The second-order valence-corrected chi connectivity index (χ2v) is 4.63. The third kappa shape index (κ3) is 4.81. The van der Waals surface area contributed by atoms with Crippen LogP contribution >= 0.6 is 0 Å². The number of carbonyl (C=O) groups is 1. The normalized spacial score (nSPS) is 12.1. The van der Waals surface area contributed by atoms with E-state index >= 15 is 0 Å². The van der Waals surface area contributed by atoms with Gasteiger partial charge in [-0.2, -0.15) is 0 Å². The molecular formula is C15H24N2O2. The van der Waals surface area contributed by atoms with Crippen molar-refractivity contribution >= 4 is 6.03 Å². The lowest BCUT2D eigenvalue weighted by Crippen LogP contribution is -2.42. The van der Waals surface area contributed by atoms with Crippen molar-refractivity contribution in [3.05, 3.63) is 29.8 Å². The summed E-state index contributed by atoms with van der Waals surface area (Å²) in [7, 11) is 1.64. The highest BCUT2D eigenvalue weighted by atomic mass is 16.5. The van der Waals surface area contributed by atoms with Crippen LogP contribution in [0.3, 0.4) is 0 Å². The molecule has 1 unspecified atom stereocenters. The SMILES string of the molecule is CCC(CC)NC(=O)NC(C)c1ccc(OC)cc1. The van der Waals surface area contributed by atoms with E-state index in [1.807, 2.05) is 31.2 Å². The van der Waals surface area contributed by atoms with Gasteiger partial charge in [-0.1, -0.05) is 26.0 Å². The molecule has 106 valence electrons. The lowest BCUT2D eigenvalue weighted by molar-refractivity contribution is 0.233. The summed E-state index contributed by atoms with van der Waals surface area (Å²) in [5.41, 5.74) is 1.06. The first kappa shape index (κ1) is 15.3. The van der Waals surface area contributed by atoms with E-state index < -0.39 is 0 Å². The van der Waals surface area contributed by atoms with Crippen LogP contribution in [0.2, 0.25) is 0 Å². The number of urea groups is 1. The van der Waals surface area contributed by atoms with Gasteiger partial charge in [0.1, 0.15) is 5.75 Å².